The van der Waals surface area contributed by atoms with Crippen LogP contribution in [-0.2, 0) is 11.3 Å². The van der Waals surface area contributed by atoms with E-state index < -0.39 is 0 Å². The van der Waals surface area contributed by atoms with Crippen LogP contribution in [0.5, 0.6) is 0 Å². The lowest BCUT2D eigenvalue weighted by atomic mass is 10.3. The monoisotopic (exact) mass is 348 g/mol. The number of nitrogens with one attached hydrogen (secondary N) is 1. The van der Waals surface area contributed by atoms with E-state index in [1.165, 1.54) is 0 Å². The number of aliphatic imine (C=N–C) groups is 1. The lowest BCUT2D eigenvalue weighted by molar-refractivity contribution is -0.119. The first-order valence-electron chi connectivity index (χ1n) is 7.71. The van der Waals surface area contributed by atoms with Gasteiger partial charge in [0.1, 0.15) is 12.3 Å². The summed E-state index contributed by atoms with van der Waals surface area (Å²) in [6.07, 6.45) is 3.38. The van der Waals surface area contributed by atoms with Crippen molar-refractivity contribution in [2.45, 2.75) is 6.54 Å². The number of thiazole rings is 1. The minimum Gasteiger partial charge on any atom is -0.467 e. The third-order valence-corrected chi connectivity index (χ3v) is 4.55. The number of nitrogens with two attached hydrogens (primary N) is 1. The minimum absolute atomic E-state index is 0.0131. The van der Waals surface area contributed by atoms with E-state index in [9.17, 15) is 4.79 Å². The molecule has 1 aliphatic rings. The number of piperazine rings is 1. The van der Waals surface area contributed by atoms with E-state index in [2.05, 4.69) is 20.2 Å². The van der Waals surface area contributed by atoms with Gasteiger partial charge in [-0.05, 0) is 12.1 Å². The molecule has 3 rings (SSSR count). The zero-order chi connectivity index (χ0) is 16.8. The fraction of sp³-hybridized carbons (Fsp3) is 0.400. The number of nitrogens with zero attached hydrogens (tertiary/aromatic N) is 4. The smallest absolute Gasteiger partial charge is 0.242 e. The van der Waals surface area contributed by atoms with Crippen LogP contribution in [0.25, 0.3) is 0 Å². The topological polar surface area (TPSA) is 100.0 Å². The maximum Gasteiger partial charge on any atom is 0.242 e. The van der Waals surface area contributed by atoms with Gasteiger partial charge in [0.25, 0.3) is 0 Å². The highest BCUT2D eigenvalue weighted by Crippen LogP contribution is 2.18. The lowest BCUT2D eigenvalue weighted by Gasteiger charge is -2.35. The molecule has 3 N–H and O–H groups in total. The summed E-state index contributed by atoms with van der Waals surface area (Å²) in [7, 11) is 0. The average molecular weight is 348 g/mol. The summed E-state index contributed by atoms with van der Waals surface area (Å²) in [5.41, 5.74) is 6.00. The molecule has 0 aromatic carbocycles. The summed E-state index contributed by atoms with van der Waals surface area (Å²) in [5, 5.41) is 5.74. The standard InChI is InChI=1S/C15H20N6O2S/c16-14(19-11-13(22)18-10-12-2-1-8-23-12)20-4-6-21(7-5-20)15-17-3-9-24-15/h1-3,8-9H,4-7,10-11H2,(H2,16,19)(H,18,22). The Balaban J connectivity index is 1.42. The third-order valence-electron chi connectivity index (χ3n) is 3.72. The van der Waals surface area contributed by atoms with Crippen molar-refractivity contribution in [2.75, 3.05) is 37.6 Å². The first kappa shape index (κ1) is 16.3. The van der Waals surface area contributed by atoms with E-state index in [0.717, 1.165) is 31.3 Å². The average Bonchev–Trinajstić information content (AvgIpc) is 3.31. The summed E-state index contributed by atoms with van der Waals surface area (Å²) in [4.78, 5) is 24.5. The number of aromatic nitrogens is 1. The van der Waals surface area contributed by atoms with Crippen LogP contribution < -0.4 is 16.0 Å². The molecule has 3 heterocycles. The number of anilines is 1. The largest absolute Gasteiger partial charge is 0.467 e. The molecule has 0 spiro atoms. The number of furan rings is 1. The lowest BCUT2D eigenvalue weighted by Crippen LogP contribution is -2.51. The van der Waals surface area contributed by atoms with Crippen LogP contribution in [0.4, 0.5) is 5.13 Å². The first-order chi connectivity index (χ1) is 11.7. The second-order valence-electron chi connectivity index (χ2n) is 5.32. The predicted molar refractivity (Wildman–Crippen MR) is 92.9 cm³/mol. The van der Waals surface area contributed by atoms with Gasteiger partial charge in [-0.1, -0.05) is 0 Å². The Hall–Kier alpha value is -2.55. The molecule has 2 aromatic heterocycles. The summed E-state index contributed by atoms with van der Waals surface area (Å²) >= 11 is 1.63. The van der Waals surface area contributed by atoms with Crippen molar-refractivity contribution in [1.29, 1.82) is 0 Å². The van der Waals surface area contributed by atoms with Gasteiger partial charge in [0.15, 0.2) is 11.1 Å². The van der Waals surface area contributed by atoms with Crippen LogP contribution in [0.15, 0.2) is 39.4 Å². The molecule has 24 heavy (non-hydrogen) atoms. The van der Waals surface area contributed by atoms with Crippen LogP contribution in [0.2, 0.25) is 0 Å². The van der Waals surface area contributed by atoms with Crippen LogP contribution in [-0.4, -0.2) is 54.5 Å². The van der Waals surface area contributed by atoms with Gasteiger partial charge in [-0.2, -0.15) is 0 Å². The molecular formula is C15H20N6O2S. The van der Waals surface area contributed by atoms with E-state index in [1.807, 2.05) is 16.5 Å². The highest BCUT2D eigenvalue weighted by atomic mass is 32.1. The molecule has 2 aromatic rings. The Kier molecular flexibility index (Phi) is 5.32. The maximum absolute atomic E-state index is 11.8. The Morgan fingerprint density at radius 1 is 1.42 bits per heavy atom. The molecule has 1 aliphatic heterocycles. The van der Waals surface area contributed by atoms with Gasteiger partial charge >= 0.3 is 0 Å². The van der Waals surface area contributed by atoms with Crippen molar-refractivity contribution in [1.82, 2.24) is 15.2 Å². The van der Waals surface area contributed by atoms with Crippen LogP contribution in [0, 0.1) is 0 Å². The van der Waals surface area contributed by atoms with Crippen LogP contribution in [0.1, 0.15) is 5.76 Å². The molecule has 9 heteroatoms. The molecule has 1 fully saturated rings. The number of hydrogen-bond acceptors (Lipinski definition) is 6. The summed E-state index contributed by atoms with van der Waals surface area (Å²) in [5.74, 6) is 0.927. The highest BCUT2D eigenvalue weighted by molar-refractivity contribution is 7.13. The van der Waals surface area contributed by atoms with E-state index >= 15 is 0 Å². The number of carbonyl (C=O) groups is 1. The molecule has 0 bridgehead atoms. The highest BCUT2D eigenvalue weighted by Gasteiger charge is 2.19. The molecule has 128 valence electrons. The van der Waals surface area contributed by atoms with Crippen molar-refractivity contribution >= 4 is 28.3 Å². The molecule has 0 saturated carbocycles. The van der Waals surface area contributed by atoms with Gasteiger partial charge in [0.2, 0.25) is 5.91 Å². The van der Waals surface area contributed by atoms with E-state index in [0.29, 0.717) is 18.3 Å². The molecule has 0 aliphatic carbocycles. The Morgan fingerprint density at radius 2 is 2.25 bits per heavy atom. The third kappa shape index (κ3) is 4.25. The van der Waals surface area contributed by atoms with E-state index in [4.69, 9.17) is 10.2 Å². The number of carbonyl (C=O) groups excluding carboxylic acids is 1. The molecular weight excluding hydrogens is 328 g/mol. The van der Waals surface area contributed by atoms with Gasteiger partial charge in [-0.25, -0.2) is 9.98 Å². The first-order valence-corrected chi connectivity index (χ1v) is 8.59. The molecule has 0 atom stereocenters. The van der Waals surface area contributed by atoms with Gasteiger partial charge < -0.3 is 25.3 Å². The summed E-state index contributed by atoms with van der Waals surface area (Å²) in [6.45, 7) is 3.59. The van der Waals surface area contributed by atoms with Crippen LogP contribution in [0.3, 0.4) is 0 Å². The summed E-state index contributed by atoms with van der Waals surface area (Å²) < 4.78 is 5.15. The van der Waals surface area contributed by atoms with E-state index in [1.54, 1.807) is 29.7 Å². The fourth-order valence-electron chi connectivity index (χ4n) is 2.41. The minimum atomic E-state index is -0.184. The van der Waals surface area contributed by atoms with Gasteiger partial charge in [-0.3, -0.25) is 4.79 Å². The second kappa shape index (κ2) is 7.82. The molecule has 1 amide bonds. The van der Waals surface area contributed by atoms with Crippen molar-refractivity contribution in [2.24, 2.45) is 10.7 Å². The fourth-order valence-corrected chi connectivity index (χ4v) is 3.10. The van der Waals surface area contributed by atoms with Crippen LogP contribution >= 0.6 is 11.3 Å². The predicted octanol–water partition coefficient (Wildman–Crippen LogP) is 0.489. The molecule has 1 saturated heterocycles. The molecule has 8 nitrogen and oxygen atoms in total. The van der Waals surface area contributed by atoms with Crippen molar-refractivity contribution in [3.8, 4) is 0 Å². The number of guanidine groups is 1. The van der Waals surface area contributed by atoms with E-state index in [-0.39, 0.29) is 12.5 Å². The number of rotatable bonds is 5. The number of hydrogen-bond donors (Lipinski definition) is 2. The van der Waals surface area contributed by atoms with Crippen molar-refractivity contribution in [3.63, 3.8) is 0 Å². The normalized spacial score (nSPS) is 15.6. The summed E-state index contributed by atoms with van der Waals surface area (Å²) in [6, 6.07) is 3.59. The van der Waals surface area contributed by atoms with Crippen molar-refractivity contribution in [3.05, 3.63) is 35.7 Å². The quantitative estimate of drug-likeness (QED) is 0.602. The SMILES string of the molecule is NC(=NCC(=O)NCc1ccco1)N1CCN(c2nccs2)CC1. The van der Waals surface area contributed by atoms with Gasteiger partial charge in [-0.15, -0.1) is 11.3 Å². The van der Waals surface area contributed by atoms with Gasteiger partial charge in [0.05, 0.1) is 12.8 Å². The number of amides is 1. The Morgan fingerprint density at radius 3 is 2.92 bits per heavy atom. The van der Waals surface area contributed by atoms with Gasteiger partial charge in [0, 0.05) is 37.8 Å². The Bertz CT molecular complexity index is 662. The maximum atomic E-state index is 11.8. The zero-order valence-electron chi connectivity index (χ0n) is 13.2. The second-order valence-corrected chi connectivity index (χ2v) is 6.19. The molecule has 0 unspecified atom stereocenters. The molecule has 0 radical (unpaired) electrons. The van der Waals surface area contributed by atoms with Crippen molar-refractivity contribution < 1.29 is 9.21 Å². The zero-order valence-corrected chi connectivity index (χ0v) is 14.0. The Labute approximate surface area is 144 Å².